The molecular formula is C34H38F4O. The summed E-state index contributed by atoms with van der Waals surface area (Å²) in [5.41, 5.74) is 3.10. The minimum atomic E-state index is -0.974. The first-order valence-corrected chi connectivity index (χ1v) is 14.3. The van der Waals surface area contributed by atoms with Gasteiger partial charge in [-0.3, -0.25) is 0 Å². The summed E-state index contributed by atoms with van der Waals surface area (Å²) >= 11 is 0. The highest BCUT2D eigenvalue weighted by atomic mass is 19.2. The van der Waals surface area contributed by atoms with Crippen LogP contribution in [-0.2, 0) is 0 Å². The van der Waals surface area contributed by atoms with Gasteiger partial charge < -0.3 is 4.74 Å². The molecule has 3 aromatic carbocycles. The molecule has 0 saturated heterocycles. The van der Waals surface area contributed by atoms with Gasteiger partial charge in [0, 0.05) is 11.1 Å². The molecule has 0 radical (unpaired) electrons. The Labute approximate surface area is 229 Å². The molecule has 1 aliphatic rings. The zero-order chi connectivity index (χ0) is 27.8. The molecule has 0 aliphatic heterocycles. The van der Waals surface area contributed by atoms with Crippen LogP contribution in [0, 0.1) is 30.2 Å². The van der Waals surface area contributed by atoms with E-state index in [2.05, 4.69) is 6.92 Å². The van der Waals surface area contributed by atoms with Gasteiger partial charge >= 0.3 is 0 Å². The van der Waals surface area contributed by atoms with Gasteiger partial charge in [0.2, 0.25) is 5.82 Å². The van der Waals surface area contributed by atoms with Crippen LogP contribution in [0.15, 0.2) is 54.6 Å². The van der Waals surface area contributed by atoms with E-state index in [1.54, 1.807) is 30.3 Å². The Morgan fingerprint density at radius 1 is 0.718 bits per heavy atom. The molecule has 0 bridgehead atoms. The van der Waals surface area contributed by atoms with Gasteiger partial charge in [-0.25, -0.2) is 13.2 Å². The number of hydrogen-bond acceptors (Lipinski definition) is 1. The van der Waals surface area contributed by atoms with E-state index in [0.717, 1.165) is 24.8 Å². The summed E-state index contributed by atoms with van der Waals surface area (Å²) in [5.74, 6) is -3.88. The number of allylic oxidation sites excluding steroid dienone is 2. The third-order valence-corrected chi connectivity index (χ3v) is 7.72. The SMILES string of the molecule is CCCCCCCCCOc1ccc(C2=CCC(c3ccc(-c4ccc(C)cc4)c(F)c3F)CC2)c(F)c1F. The van der Waals surface area contributed by atoms with Crippen molar-refractivity contribution < 1.29 is 22.3 Å². The predicted molar refractivity (Wildman–Crippen MR) is 151 cm³/mol. The molecule has 1 aliphatic carbocycles. The zero-order valence-electron chi connectivity index (χ0n) is 23.0. The number of unbranched alkanes of at least 4 members (excludes halogenated alkanes) is 6. The summed E-state index contributed by atoms with van der Waals surface area (Å²) in [6.45, 7) is 4.48. The molecule has 1 nitrogen and oxygen atoms in total. The number of ether oxygens (including phenoxy) is 1. The third-order valence-electron chi connectivity index (χ3n) is 7.72. The second kappa shape index (κ2) is 13.8. The van der Waals surface area contributed by atoms with Crippen LogP contribution in [0.1, 0.15) is 93.7 Å². The fraction of sp³-hybridized carbons (Fsp3) is 0.412. The highest BCUT2D eigenvalue weighted by molar-refractivity contribution is 5.68. The molecule has 1 atom stereocenters. The van der Waals surface area contributed by atoms with E-state index in [1.807, 2.05) is 25.1 Å². The first kappa shape index (κ1) is 28.9. The summed E-state index contributed by atoms with van der Waals surface area (Å²) in [6.07, 6.45) is 11.0. The molecule has 0 aromatic heterocycles. The molecule has 5 heteroatoms. The smallest absolute Gasteiger partial charge is 0.201 e. The Morgan fingerprint density at radius 2 is 1.38 bits per heavy atom. The number of halogens is 4. The first-order chi connectivity index (χ1) is 18.9. The fourth-order valence-electron chi connectivity index (χ4n) is 5.33. The normalized spacial score (nSPS) is 15.3. The van der Waals surface area contributed by atoms with Crippen molar-refractivity contribution in [3.05, 3.63) is 94.6 Å². The fourth-order valence-corrected chi connectivity index (χ4v) is 5.33. The van der Waals surface area contributed by atoms with Crippen LogP contribution in [0.2, 0.25) is 0 Å². The van der Waals surface area contributed by atoms with E-state index in [1.165, 1.54) is 31.7 Å². The van der Waals surface area contributed by atoms with Gasteiger partial charge in [0.1, 0.15) is 0 Å². The molecule has 4 rings (SSSR count). The molecule has 3 aromatic rings. The van der Waals surface area contributed by atoms with Crippen molar-refractivity contribution in [2.45, 2.75) is 84.0 Å². The van der Waals surface area contributed by atoms with E-state index < -0.39 is 23.3 Å². The number of hydrogen-bond donors (Lipinski definition) is 0. The molecular weight excluding hydrogens is 500 g/mol. The summed E-state index contributed by atoms with van der Waals surface area (Å²) < 4.78 is 65.3. The van der Waals surface area contributed by atoms with Crippen LogP contribution >= 0.6 is 0 Å². The largest absolute Gasteiger partial charge is 0.490 e. The van der Waals surface area contributed by atoms with Crippen molar-refractivity contribution in [2.24, 2.45) is 0 Å². The van der Waals surface area contributed by atoms with Crippen LogP contribution in [0.3, 0.4) is 0 Å². The van der Waals surface area contributed by atoms with Gasteiger partial charge in [-0.1, -0.05) is 93.5 Å². The van der Waals surface area contributed by atoms with Crippen LogP contribution < -0.4 is 4.74 Å². The van der Waals surface area contributed by atoms with Crippen molar-refractivity contribution >= 4 is 5.57 Å². The lowest BCUT2D eigenvalue weighted by molar-refractivity contribution is 0.284. The molecule has 0 saturated carbocycles. The van der Waals surface area contributed by atoms with Crippen LogP contribution in [0.5, 0.6) is 5.75 Å². The van der Waals surface area contributed by atoms with Gasteiger partial charge in [-0.2, -0.15) is 4.39 Å². The Morgan fingerprint density at radius 3 is 2.08 bits per heavy atom. The number of aryl methyl sites for hydroxylation is 1. The van der Waals surface area contributed by atoms with Crippen LogP contribution in [0.4, 0.5) is 17.6 Å². The Hall–Kier alpha value is -3.08. The average molecular weight is 539 g/mol. The molecule has 39 heavy (non-hydrogen) atoms. The lowest BCUT2D eigenvalue weighted by Crippen LogP contribution is -2.09. The van der Waals surface area contributed by atoms with Crippen molar-refractivity contribution in [2.75, 3.05) is 6.61 Å². The topological polar surface area (TPSA) is 9.23 Å². The van der Waals surface area contributed by atoms with E-state index in [9.17, 15) is 13.2 Å². The number of rotatable bonds is 12. The highest BCUT2D eigenvalue weighted by Crippen LogP contribution is 2.40. The van der Waals surface area contributed by atoms with E-state index in [4.69, 9.17) is 4.74 Å². The summed E-state index contributed by atoms with van der Waals surface area (Å²) in [7, 11) is 0. The quantitative estimate of drug-likeness (QED) is 0.165. The molecule has 0 spiro atoms. The summed E-state index contributed by atoms with van der Waals surface area (Å²) in [6, 6.07) is 13.6. The van der Waals surface area contributed by atoms with E-state index in [-0.39, 0.29) is 22.8 Å². The minimum Gasteiger partial charge on any atom is -0.490 e. The maximum Gasteiger partial charge on any atom is 0.201 e. The van der Waals surface area contributed by atoms with Crippen molar-refractivity contribution in [1.29, 1.82) is 0 Å². The summed E-state index contributed by atoms with van der Waals surface area (Å²) in [5, 5.41) is 0. The summed E-state index contributed by atoms with van der Waals surface area (Å²) in [4.78, 5) is 0. The molecule has 208 valence electrons. The van der Waals surface area contributed by atoms with Crippen molar-refractivity contribution in [1.82, 2.24) is 0 Å². The van der Waals surface area contributed by atoms with Gasteiger partial charge in [0.25, 0.3) is 0 Å². The second-order valence-corrected chi connectivity index (χ2v) is 10.6. The monoisotopic (exact) mass is 538 g/mol. The lowest BCUT2D eigenvalue weighted by Gasteiger charge is -2.24. The Balaban J connectivity index is 1.37. The van der Waals surface area contributed by atoms with Crippen molar-refractivity contribution in [3.8, 4) is 16.9 Å². The van der Waals surface area contributed by atoms with Crippen molar-refractivity contribution in [3.63, 3.8) is 0 Å². The molecule has 1 unspecified atom stereocenters. The van der Waals surface area contributed by atoms with Gasteiger partial charge in [0.15, 0.2) is 23.2 Å². The van der Waals surface area contributed by atoms with Gasteiger partial charge in [-0.05, 0) is 67.4 Å². The molecule has 0 fully saturated rings. The van der Waals surface area contributed by atoms with Crippen LogP contribution in [-0.4, -0.2) is 6.61 Å². The molecule has 0 amide bonds. The van der Waals surface area contributed by atoms with Gasteiger partial charge in [-0.15, -0.1) is 0 Å². The number of benzene rings is 3. The van der Waals surface area contributed by atoms with E-state index >= 15 is 4.39 Å². The minimum absolute atomic E-state index is 0.0669. The maximum absolute atomic E-state index is 15.1. The maximum atomic E-state index is 15.1. The first-order valence-electron chi connectivity index (χ1n) is 14.3. The van der Waals surface area contributed by atoms with Gasteiger partial charge in [0.05, 0.1) is 6.61 Å². The molecule has 0 N–H and O–H groups in total. The van der Waals surface area contributed by atoms with E-state index in [0.29, 0.717) is 42.6 Å². The molecule has 0 heterocycles. The highest BCUT2D eigenvalue weighted by Gasteiger charge is 2.25. The second-order valence-electron chi connectivity index (χ2n) is 10.6. The zero-order valence-corrected chi connectivity index (χ0v) is 23.0. The Kier molecular flexibility index (Phi) is 10.2. The average Bonchev–Trinajstić information content (AvgIpc) is 2.95. The van der Waals surface area contributed by atoms with Crippen LogP contribution in [0.25, 0.3) is 16.7 Å². The standard InChI is InChI=1S/C34H38F4O/c1-3-4-5-6-7-8-9-22-39-30-21-20-29(33(37)34(30)38)26-16-14-25(15-17-26)28-19-18-27(31(35)32(28)36)24-12-10-23(2)11-13-24/h10-13,16,18-21,25H,3-9,14-15,17,22H2,1-2H3. The predicted octanol–water partition coefficient (Wildman–Crippen LogP) is 10.7. The lowest BCUT2D eigenvalue weighted by atomic mass is 9.82. The Bertz CT molecular complexity index is 1280. The third kappa shape index (κ3) is 7.12.